The molecular formula is C11H12ClNO4. The highest BCUT2D eigenvalue weighted by atomic mass is 35.5. The number of halogens is 1. The van der Waals surface area contributed by atoms with Crippen LogP contribution in [0.5, 0.6) is 5.75 Å². The van der Waals surface area contributed by atoms with Crippen molar-refractivity contribution < 1.29 is 19.4 Å². The van der Waals surface area contributed by atoms with E-state index in [9.17, 15) is 4.79 Å². The van der Waals surface area contributed by atoms with Crippen LogP contribution in [0.15, 0.2) is 12.1 Å². The fraction of sp³-hybridized carbons (Fsp3) is 0.364. The summed E-state index contributed by atoms with van der Waals surface area (Å²) >= 11 is 6.06. The van der Waals surface area contributed by atoms with Gasteiger partial charge < -0.3 is 20.3 Å². The molecule has 1 aromatic carbocycles. The van der Waals surface area contributed by atoms with Crippen LogP contribution >= 0.6 is 11.6 Å². The lowest BCUT2D eigenvalue weighted by Crippen LogP contribution is -2.20. The molecule has 3 N–H and O–H groups in total. The second-order valence-corrected chi connectivity index (χ2v) is 4.16. The largest absolute Gasteiger partial charge is 0.481 e. The number of hydrogen-bond acceptors (Lipinski definition) is 4. The van der Waals surface area contributed by atoms with Crippen molar-refractivity contribution in [1.29, 1.82) is 0 Å². The molecule has 0 aromatic heterocycles. The van der Waals surface area contributed by atoms with E-state index >= 15 is 0 Å². The lowest BCUT2D eigenvalue weighted by Gasteiger charge is -2.23. The van der Waals surface area contributed by atoms with Crippen molar-refractivity contribution in [2.24, 2.45) is 5.73 Å². The van der Waals surface area contributed by atoms with Crippen LogP contribution in [0.25, 0.3) is 0 Å². The first-order valence-electron chi connectivity index (χ1n) is 5.08. The van der Waals surface area contributed by atoms with Gasteiger partial charge in [-0.25, -0.2) is 0 Å². The SMILES string of the molecule is NC(CC(=O)O)c1c(Cl)ccc2c1COCO2. The summed E-state index contributed by atoms with van der Waals surface area (Å²) in [6.07, 6.45) is -0.184. The predicted molar refractivity (Wildman–Crippen MR) is 60.9 cm³/mol. The molecule has 6 heteroatoms. The highest BCUT2D eigenvalue weighted by Crippen LogP contribution is 2.35. The lowest BCUT2D eigenvalue weighted by atomic mass is 9.97. The summed E-state index contributed by atoms with van der Waals surface area (Å²) in [4.78, 5) is 10.7. The Balaban J connectivity index is 2.40. The molecule has 92 valence electrons. The lowest BCUT2D eigenvalue weighted by molar-refractivity contribution is -0.137. The number of hydrogen-bond donors (Lipinski definition) is 2. The number of carbonyl (C=O) groups is 1. The topological polar surface area (TPSA) is 81.8 Å². The summed E-state index contributed by atoms with van der Waals surface area (Å²) in [6.45, 7) is 0.515. The van der Waals surface area contributed by atoms with Gasteiger partial charge in [0.1, 0.15) is 5.75 Å². The maximum absolute atomic E-state index is 10.7. The summed E-state index contributed by atoms with van der Waals surface area (Å²) in [6, 6.07) is 2.72. The van der Waals surface area contributed by atoms with Crippen LogP contribution in [-0.4, -0.2) is 17.9 Å². The molecule has 0 bridgehead atoms. The number of aliphatic carboxylic acids is 1. The molecule has 0 radical (unpaired) electrons. The molecule has 0 saturated heterocycles. The van der Waals surface area contributed by atoms with Gasteiger partial charge in [-0.3, -0.25) is 4.79 Å². The van der Waals surface area contributed by atoms with Crippen molar-refractivity contribution >= 4 is 17.6 Å². The Bertz CT molecular complexity index is 449. The predicted octanol–water partition coefficient (Wildman–Crippen LogP) is 1.68. The van der Waals surface area contributed by atoms with E-state index in [2.05, 4.69) is 0 Å². The monoisotopic (exact) mass is 257 g/mol. The summed E-state index contributed by atoms with van der Waals surface area (Å²) < 4.78 is 10.5. The number of carboxylic acid groups (broad SMARTS) is 1. The standard InChI is InChI=1S/C11H12ClNO4/c12-7-1-2-9-6(4-16-5-17-9)11(7)8(13)3-10(14)15/h1-2,8H,3-5,13H2,(H,14,15). The third kappa shape index (κ3) is 2.52. The molecular weight excluding hydrogens is 246 g/mol. The molecule has 0 amide bonds. The zero-order chi connectivity index (χ0) is 12.4. The van der Waals surface area contributed by atoms with Gasteiger partial charge in [0.2, 0.25) is 0 Å². The minimum atomic E-state index is -0.969. The van der Waals surface area contributed by atoms with Crippen LogP contribution in [0, 0.1) is 0 Å². The Morgan fingerprint density at radius 2 is 2.35 bits per heavy atom. The normalized spacial score (nSPS) is 15.9. The van der Waals surface area contributed by atoms with Crippen molar-refractivity contribution in [3.05, 3.63) is 28.3 Å². The molecule has 1 unspecified atom stereocenters. The van der Waals surface area contributed by atoms with Crippen molar-refractivity contribution in [1.82, 2.24) is 0 Å². The van der Waals surface area contributed by atoms with Gasteiger partial charge in [0, 0.05) is 16.6 Å². The van der Waals surface area contributed by atoms with Gasteiger partial charge in [-0.2, -0.15) is 0 Å². The summed E-state index contributed by atoms with van der Waals surface area (Å²) in [5, 5.41) is 9.19. The fourth-order valence-electron chi connectivity index (χ4n) is 1.84. The molecule has 0 saturated carbocycles. The molecule has 0 spiro atoms. The Morgan fingerprint density at radius 1 is 1.59 bits per heavy atom. The van der Waals surface area contributed by atoms with Crippen molar-refractivity contribution in [3.8, 4) is 5.75 Å². The van der Waals surface area contributed by atoms with Crippen LogP contribution in [-0.2, 0) is 16.1 Å². The molecule has 17 heavy (non-hydrogen) atoms. The van der Waals surface area contributed by atoms with E-state index in [1.807, 2.05) is 0 Å². The zero-order valence-corrected chi connectivity index (χ0v) is 9.74. The zero-order valence-electron chi connectivity index (χ0n) is 8.98. The molecule has 5 nitrogen and oxygen atoms in total. The summed E-state index contributed by atoms with van der Waals surface area (Å²) in [5.41, 5.74) is 7.17. The quantitative estimate of drug-likeness (QED) is 0.861. The second kappa shape index (κ2) is 4.91. The highest BCUT2D eigenvalue weighted by Gasteiger charge is 2.23. The Labute approximate surface area is 103 Å². The average molecular weight is 258 g/mol. The van der Waals surface area contributed by atoms with Crippen LogP contribution in [0.1, 0.15) is 23.6 Å². The van der Waals surface area contributed by atoms with Gasteiger partial charge in [0.15, 0.2) is 6.79 Å². The Hall–Kier alpha value is -1.30. The third-order valence-corrected chi connectivity index (χ3v) is 2.90. The Morgan fingerprint density at radius 3 is 3.06 bits per heavy atom. The van der Waals surface area contributed by atoms with E-state index in [4.69, 9.17) is 31.9 Å². The number of carboxylic acids is 1. The van der Waals surface area contributed by atoms with E-state index < -0.39 is 12.0 Å². The third-order valence-electron chi connectivity index (χ3n) is 2.57. The van der Waals surface area contributed by atoms with Gasteiger partial charge in [0.05, 0.1) is 13.0 Å². The molecule has 1 aliphatic heterocycles. The number of rotatable bonds is 3. The summed E-state index contributed by atoms with van der Waals surface area (Å²) in [7, 11) is 0. The minimum Gasteiger partial charge on any atom is -0.481 e. The second-order valence-electron chi connectivity index (χ2n) is 3.75. The maximum Gasteiger partial charge on any atom is 0.305 e. The number of benzene rings is 1. The smallest absolute Gasteiger partial charge is 0.305 e. The van der Waals surface area contributed by atoms with Gasteiger partial charge in [0.25, 0.3) is 0 Å². The van der Waals surface area contributed by atoms with Gasteiger partial charge in [-0.1, -0.05) is 11.6 Å². The van der Waals surface area contributed by atoms with Crippen molar-refractivity contribution in [2.45, 2.75) is 19.1 Å². The highest BCUT2D eigenvalue weighted by molar-refractivity contribution is 6.31. The molecule has 1 aliphatic rings. The minimum absolute atomic E-state index is 0.183. The first-order chi connectivity index (χ1) is 8.09. The van der Waals surface area contributed by atoms with Crippen LogP contribution < -0.4 is 10.5 Å². The van der Waals surface area contributed by atoms with Gasteiger partial charge >= 0.3 is 5.97 Å². The van der Waals surface area contributed by atoms with Crippen molar-refractivity contribution in [3.63, 3.8) is 0 Å². The van der Waals surface area contributed by atoms with E-state index in [0.29, 0.717) is 22.9 Å². The average Bonchev–Trinajstić information content (AvgIpc) is 2.27. The van der Waals surface area contributed by atoms with E-state index in [1.165, 1.54) is 0 Å². The van der Waals surface area contributed by atoms with Crippen LogP contribution in [0.3, 0.4) is 0 Å². The summed E-state index contributed by atoms with van der Waals surface area (Å²) in [5.74, 6) is -0.319. The molecule has 1 aromatic rings. The van der Waals surface area contributed by atoms with Gasteiger partial charge in [-0.15, -0.1) is 0 Å². The van der Waals surface area contributed by atoms with Crippen molar-refractivity contribution in [2.75, 3.05) is 6.79 Å². The molecule has 0 fully saturated rings. The molecule has 0 aliphatic carbocycles. The first kappa shape index (κ1) is 12.2. The molecule has 1 heterocycles. The number of ether oxygens (including phenoxy) is 2. The molecule has 2 rings (SSSR count). The van der Waals surface area contributed by atoms with E-state index in [0.717, 1.165) is 5.56 Å². The fourth-order valence-corrected chi connectivity index (χ4v) is 2.16. The molecule has 1 atom stereocenters. The Kier molecular flexibility index (Phi) is 3.51. The number of nitrogens with two attached hydrogens (primary N) is 1. The van der Waals surface area contributed by atoms with Crippen LogP contribution in [0.4, 0.5) is 0 Å². The van der Waals surface area contributed by atoms with E-state index in [1.54, 1.807) is 12.1 Å². The first-order valence-corrected chi connectivity index (χ1v) is 5.46. The van der Waals surface area contributed by atoms with Gasteiger partial charge in [-0.05, 0) is 17.7 Å². The van der Waals surface area contributed by atoms with E-state index in [-0.39, 0.29) is 13.2 Å². The maximum atomic E-state index is 10.7. The van der Waals surface area contributed by atoms with Crippen LogP contribution in [0.2, 0.25) is 5.02 Å². The number of fused-ring (bicyclic) bond motifs is 1.